The van der Waals surface area contributed by atoms with Crippen molar-refractivity contribution in [1.82, 2.24) is 4.90 Å². The van der Waals surface area contributed by atoms with Crippen LogP contribution in [0.5, 0.6) is 5.75 Å². The molecule has 1 heterocycles. The summed E-state index contributed by atoms with van der Waals surface area (Å²) >= 11 is 0. The highest BCUT2D eigenvalue weighted by Crippen LogP contribution is 2.24. The van der Waals surface area contributed by atoms with Gasteiger partial charge in [-0.2, -0.15) is 0 Å². The van der Waals surface area contributed by atoms with Gasteiger partial charge in [0.2, 0.25) is 5.91 Å². The number of benzene rings is 2. The lowest BCUT2D eigenvalue weighted by Crippen LogP contribution is -2.43. The highest BCUT2D eigenvalue weighted by molar-refractivity contribution is 5.96. The van der Waals surface area contributed by atoms with Crippen LogP contribution in [-0.2, 0) is 4.79 Å². The highest BCUT2D eigenvalue weighted by Gasteiger charge is 2.29. The number of ether oxygens (including phenoxy) is 1. The Bertz CT molecular complexity index is 751. The molecule has 5 nitrogen and oxygen atoms in total. The van der Waals surface area contributed by atoms with Crippen LogP contribution in [0.15, 0.2) is 54.6 Å². The molecule has 1 aliphatic rings. The number of para-hydroxylation sites is 1. The van der Waals surface area contributed by atoms with Gasteiger partial charge in [0.25, 0.3) is 5.91 Å². The Hall–Kier alpha value is -2.82. The van der Waals surface area contributed by atoms with Crippen molar-refractivity contribution in [2.75, 3.05) is 32.1 Å². The third-order valence-electron chi connectivity index (χ3n) is 4.94. The van der Waals surface area contributed by atoms with Gasteiger partial charge in [-0.1, -0.05) is 18.2 Å². The van der Waals surface area contributed by atoms with E-state index >= 15 is 0 Å². The molecular formula is C21H24N2O3. The third-order valence-corrected chi connectivity index (χ3v) is 4.94. The highest BCUT2D eigenvalue weighted by atomic mass is 16.5. The number of rotatable bonds is 4. The minimum absolute atomic E-state index is 0.00923. The van der Waals surface area contributed by atoms with Gasteiger partial charge in [-0.15, -0.1) is 0 Å². The van der Waals surface area contributed by atoms with Crippen molar-refractivity contribution in [2.24, 2.45) is 5.92 Å². The summed E-state index contributed by atoms with van der Waals surface area (Å²) in [6.07, 6.45) is 1.38. The Kier molecular flexibility index (Phi) is 5.56. The van der Waals surface area contributed by atoms with Crippen LogP contribution in [0.1, 0.15) is 23.2 Å². The summed E-state index contributed by atoms with van der Waals surface area (Å²) in [5, 5.41) is 0. The molecular weight excluding hydrogens is 328 g/mol. The number of nitrogens with zero attached hydrogens (tertiary/aromatic N) is 2. The first-order valence-electron chi connectivity index (χ1n) is 8.86. The van der Waals surface area contributed by atoms with Crippen LogP contribution in [0.3, 0.4) is 0 Å². The van der Waals surface area contributed by atoms with Gasteiger partial charge in [-0.05, 0) is 49.2 Å². The molecule has 2 aromatic carbocycles. The van der Waals surface area contributed by atoms with Crippen LogP contribution in [-0.4, -0.2) is 44.0 Å². The fourth-order valence-corrected chi connectivity index (χ4v) is 3.30. The van der Waals surface area contributed by atoms with E-state index < -0.39 is 0 Å². The van der Waals surface area contributed by atoms with E-state index in [1.807, 2.05) is 42.3 Å². The Balaban J connectivity index is 1.58. The summed E-state index contributed by atoms with van der Waals surface area (Å²) in [6, 6.07) is 16.8. The van der Waals surface area contributed by atoms with Gasteiger partial charge in [0.05, 0.1) is 7.11 Å². The molecule has 2 amide bonds. The van der Waals surface area contributed by atoms with Crippen molar-refractivity contribution in [3.05, 3.63) is 60.2 Å². The first-order chi connectivity index (χ1) is 12.6. The molecule has 0 saturated carbocycles. The molecule has 1 saturated heterocycles. The standard InChI is InChI=1S/C21H24N2O3/c1-22(18-6-4-3-5-7-18)20(24)17-12-14-23(15-13-17)21(25)16-8-10-19(26-2)11-9-16/h3-11,17H,12-15H2,1-2H3. The molecule has 0 bridgehead atoms. The fraction of sp³-hybridized carbons (Fsp3) is 0.333. The zero-order chi connectivity index (χ0) is 18.5. The SMILES string of the molecule is COc1ccc(C(=O)N2CCC(C(=O)N(C)c3ccccc3)CC2)cc1. The largest absolute Gasteiger partial charge is 0.497 e. The molecule has 2 aromatic rings. The minimum atomic E-state index is -0.0416. The Labute approximate surface area is 154 Å². The first-order valence-corrected chi connectivity index (χ1v) is 8.86. The van der Waals surface area contributed by atoms with Crippen LogP contribution < -0.4 is 9.64 Å². The van der Waals surface area contributed by atoms with Crippen molar-refractivity contribution in [1.29, 1.82) is 0 Å². The second-order valence-corrected chi connectivity index (χ2v) is 6.53. The number of hydrogen-bond acceptors (Lipinski definition) is 3. The Morgan fingerprint density at radius 2 is 1.62 bits per heavy atom. The molecule has 0 N–H and O–H groups in total. The van der Waals surface area contributed by atoms with E-state index in [1.165, 1.54) is 0 Å². The van der Waals surface area contributed by atoms with E-state index in [-0.39, 0.29) is 17.7 Å². The summed E-state index contributed by atoms with van der Waals surface area (Å²) in [5.74, 6) is 0.817. The lowest BCUT2D eigenvalue weighted by Gasteiger charge is -2.33. The zero-order valence-electron chi connectivity index (χ0n) is 15.2. The first kappa shape index (κ1) is 18.0. The van der Waals surface area contributed by atoms with Crippen LogP contribution in [0.2, 0.25) is 0 Å². The number of methoxy groups -OCH3 is 1. The molecule has 0 radical (unpaired) electrons. The van der Waals surface area contributed by atoms with Crippen LogP contribution in [0.25, 0.3) is 0 Å². The molecule has 26 heavy (non-hydrogen) atoms. The molecule has 0 spiro atoms. The Morgan fingerprint density at radius 1 is 1.00 bits per heavy atom. The summed E-state index contributed by atoms with van der Waals surface area (Å²) in [7, 11) is 3.41. The lowest BCUT2D eigenvalue weighted by molar-refractivity contribution is -0.123. The van der Waals surface area contributed by atoms with Gasteiger partial charge in [-0.25, -0.2) is 0 Å². The molecule has 5 heteroatoms. The average Bonchev–Trinajstić information content (AvgIpc) is 2.73. The van der Waals surface area contributed by atoms with E-state index in [9.17, 15) is 9.59 Å². The van der Waals surface area contributed by atoms with E-state index in [1.54, 1.807) is 36.3 Å². The average molecular weight is 352 g/mol. The molecule has 0 atom stereocenters. The van der Waals surface area contributed by atoms with Crippen molar-refractivity contribution in [2.45, 2.75) is 12.8 Å². The third kappa shape index (κ3) is 3.87. The molecule has 1 fully saturated rings. The lowest BCUT2D eigenvalue weighted by atomic mass is 9.94. The van der Waals surface area contributed by atoms with E-state index in [0.717, 1.165) is 11.4 Å². The molecule has 136 valence electrons. The molecule has 0 unspecified atom stereocenters. The number of carbonyl (C=O) groups is 2. The Morgan fingerprint density at radius 3 is 2.19 bits per heavy atom. The maximum atomic E-state index is 12.7. The minimum Gasteiger partial charge on any atom is -0.497 e. The van der Waals surface area contributed by atoms with Gasteiger partial charge < -0.3 is 14.5 Å². The van der Waals surface area contributed by atoms with Gasteiger partial charge in [0.15, 0.2) is 0 Å². The summed E-state index contributed by atoms with van der Waals surface area (Å²) in [6.45, 7) is 1.20. The number of hydrogen-bond donors (Lipinski definition) is 0. The van der Waals surface area contributed by atoms with Crippen LogP contribution >= 0.6 is 0 Å². The normalized spacial score (nSPS) is 14.8. The predicted octanol–water partition coefficient (Wildman–Crippen LogP) is 3.21. The molecule has 1 aliphatic heterocycles. The summed E-state index contributed by atoms with van der Waals surface area (Å²) < 4.78 is 5.13. The van der Waals surface area contributed by atoms with Gasteiger partial charge >= 0.3 is 0 Å². The number of piperidine rings is 1. The van der Waals surface area contributed by atoms with E-state index in [0.29, 0.717) is 31.5 Å². The zero-order valence-corrected chi connectivity index (χ0v) is 15.2. The number of likely N-dealkylation sites (tertiary alicyclic amines) is 1. The molecule has 0 aliphatic carbocycles. The maximum Gasteiger partial charge on any atom is 0.253 e. The van der Waals surface area contributed by atoms with Crippen molar-refractivity contribution < 1.29 is 14.3 Å². The number of anilines is 1. The monoisotopic (exact) mass is 352 g/mol. The van der Waals surface area contributed by atoms with Crippen molar-refractivity contribution in [3.8, 4) is 5.75 Å². The smallest absolute Gasteiger partial charge is 0.253 e. The van der Waals surface area contributed by atoms with Crippen LogP contribution in [0.4, 0.5) is 5.69 Å². The number of carbonyl (C=O) groups excluding carboxylic acids is 2. The van der Waals surface area contributed by atoms with Gasteiger partial charge in [0.1, 0.15) is 5.75 Å². The van der Waals surface area contributed by atoms with Gasteiger partial charge in [-0.3, -0.25) is 9.59 Å². The topological polar surface area (TPSA) is 49.9 Å². The second-order valence-electron chi connectivity index (χ2n) is 6.53. The maximum absolute atomic E-state index is 12.7. The summed E-state index contributed by atoms with van der Waals surface area (Å²) in [4.78, 5) is 28.9. The molecule has 0 aromatic heterocycles. The van der Waals surface area contributed by atoms with Crippen molar-refractivity contribution in [3.63, 3.8) is 0 Å². The predicted molar refractivity (Wildman–Crippen MR) is 101 cm³/mol. The van der Waals surface area contributed by atoms with Crippen molar-refractivity contribution >= 4 is 17.5 Å². The fourth-order valence-electron chi connectivity index (χ4n) is 3.30. The number of amides is 2. The van der Waals surface area contributed by atoms with Crippen LogP contribution in [0, 0.1) is 5.92 Å². The van der Waals surface area contributed by atoms with Gasteiger partial charge in [0, 0.05) is 37.3 Å². The quantitative estimate of drug-likeness (QED) is 0.849. The summed E-state index contributed by atoms with van der Waals surface area (Å²) in [5.41, 5.74) is 1.55. The molecule has 3 rings (SSSR count). The van der Waals surface area contributed by atoms with E-state index in [4.69, 9.17) is 4.74 Å². The second kappa shape index (κ2) is 8.04. The van der Waals surface area contributed by atoms with E-state index in [2.05, 4.69) is 0 Å².